The highest BCUT2D eigenvalue weighted by molar-refractivity contribution is 7.56. The summed E-state index contributed by atoms with van der Waals surface area (Å²) in [5.74, 6) is 0. The van der Waals surface area contributed by atoms with Gasteiger partial charge in [0.1, 0.15) is 0 Å². The van der Waals surface area contributed by atoms with Crippen molar-refractivity contribution in [2.45, 2.75) is 0 Å². The first-order valence-corrected chi connectivity index (χ1v) is 10.8. The molecule has 0 aliphatic carbocycles. The van der Waals surface area contributed by atoms with Crippen LogP contribution in [0.5, 0.6) is 0 Å². The zero-order chi connectivity index (χ0) is 14.7. The maximum atomic E-state index is 6.75. The zero-order valence-corrected chi connectivity index (χ0v) is 13.9. The Kier molecular flexibility index (Phi) is 4.16. The van der Waals surface area contributed by atoms with E-state index in [0.29, 0.717) is 0 Å². The Balaban J connectivity index is 2.04. The molecule has 0 aromatic heterocycles. The molecule has 3 aromatic rings. The summed E-state index contributed by atoms with van der Waals surface area (Å²) < 4.78 is 0. The third-order valence-corrected chi connectivity index (χ3v) is 8.18. The Hall–Kier alpha value is -1.54. The van der Waals surface area contributed by atoms with E-state index in [1.54, 1.807) is 0 Å². The van der Waals surface area contributed by atoms with Crippen molar-refractivity contribution in [1.29, 1.82) is 0 Å². The van der Waals surface area contributed by atoms with Crippen LogP contribution in [-0.4, -0.2) is 6.69 Å². The highest BCUT2D eigenvalue weighted by atomic mass is 35.7. The van der Waals surface area contributed by atoms with Crippen molar-refractivity contribution in [2.75, 3.05) is 0 Å². The molecule has 0 bridgehead atoms. The van der Waals surface area contributed by atoms with Crippen LogP contribution in [0.1, 0.15) is 0 Å². The summed E-state index contributed by atoms with van der Waals surface area (Å²) in [5, 5.41) is 2.02. The smallest absolute Gasteiger partial charge is 0.134 e. The lowest BCUT2D eigenvalue weighted by Crippen LogP contribution is -2.48. The molecule has 0 aliphatic heterocycles. The zero-order valence-electron chi connectivity index (χ0n) is 11.3. The summed E-state index contributed by atoms with van der Waals surface area (Å²) in [4.78, 5) is 0. The van der Waals surface area contributed by atoms with Gasteiger partial charge < -0.3 is 0 Å². The largest absolute Gasteiger partial charge is 0.310 e. The van der Waals surface area contributed by atoms with E-state index in [2.05, 4.69) is 24.3 Å². The first-order valence-electron chi connectivity index (χ1n) is 6.77. The second-order valence-corrected chi connectivity index (χ2v) is 11.2. The lowest BCUT2D eigenvalue weighted by molar-refractivity contribution is 1.64. The lowest BCUT2D eigenvalue weighted by atomic mass is 10.1. The van der Waals surface area contributed by atoms with Gasteiger partial charge in [-0.2, -0.15) is 0 Å². The Morgan fingerprint density at radius 3 is 1.71 bits per heavy atom. The van der Waals surface area contributed by atoms with Gasteiger partial charge in [-0.1, -0.05) is 84.9 Å². The molecule has 0 nitrogen and oxygen atoms in total. The van der Waals surface area contributed by atoms with Crippen molar-refractivity contribution in [3.05, 3.63) is 84.9 Å². The Morgan fingerprint density at radius 2 is 1.05 bits per heavy atom. The van der Waals surface area contributed by atoms with Crippen molar-refractivity contribution in [3.63, 3.8) is 0 Å². The predicted octanol–water partition coefficient (Wildman–Crippen LogP) is 4.39. The van der Waals surface area contributed by atoms with Gasteiger partial charge in [0.05, 0.1) is 0 Å². The summed E-state index contributed by atoms with van der Waals surface area (Å²) in [6.45, 7) is -2.68. The molecule has 3 heteroatoms. The molecule has 0 radical (unpaired) electrons. The lowest BCUT2D eigenvalue weighted by Gasteiger charge is -2.18. The molecule has 0 saturated heterocycles. The normalized spacial score (nSPS) is 11.3. The second-order valence-electron chi connectivity index (χ2n) is 4.89. The number of hydrogen-bond acceptors (Lipinski definition) is 0. The molecule has 104 valence electrons. The van der Waals surface area contributed by atoms with E-state index in [0.717, 1.165) is 15.9 Å². The van der Waals surface area contributed by atoms with E-state index in [9.17, 15) is 0 Å². The van der Waals surface area contributed by atoms with Crippen molar-refractivity contribution in [2.24, 2.45) is 0 Å². The molecule has 0 atom stereocenters. The van der Waals surface area contributed by atoms with Gasteiger partial charge in [0.15, 0.2) is 0 Å². The molecule has 3 rings (SSSR count). The van der Waals surface area contributed by atoms with Crippen LogP contribution in [0, 0.1) is 0 Å². The van der Waals surface area contributed by atoms with Crippen molar-refractivity contribution in [3.8, 4) is 11.1 Å². The van der Waals surface area contributed by atoms with Crippen LogP contribution in [0.15, 0.2) is 84.9 Å². The van der Waals surface area contributed by atoms with Crippen LogP contribution in [0.4, 0.5) is 0 Å². The van der Waals surface area contributed by atoms with Crippen molar-refractivity contribution in [1.82, 2.24) is 0 Å². The van der Waals surface area contributed by atoms with E-state index in [-0.39, 0.29) is 0 Å². The number of rotatable bonds is 3. The fraction of sp³-hybridized carbons (Fsp3) is 0. The van der Waals surface area contributed by atoms with Crippen LogP contribution in [0.25, 0.3) is 11.1 Å². The third kappa shape index (κ3) is 3.05. The summed E-state index contributed by atoms with van der Waals surface area (Å²) in [6.07, 6.45) is 0. The topological polar surface area (TPSA) is 0 Å². The van der Waals surface area contributed by atoms with Gasteiger partial charge >= 0.3 is 6.69 Å². The number of hydrogen-bond donors (Lipinski definition) is 0. The molecular weight excluding hydrogens is 315 g/mol. The molecule has 21 heavy (non-hydrogen) atoms. The van der Waals surface area contributed by atoms with Gasteiger partial charge in [0, 0.05) is 0 Å². The highest BCUT2D eigenvalue weighted by Gasteiger charge is 2.33. The van der Waals surface area contributed by atoms with E-state index in [4.69, 9.17) is 22.2 Å². The average molecular weight is 329 g/mol. The summed E-state index contributed by atoms with van der Waals surface area (Å²) in [7, 11) is 0. The average Bonchev–Trinajstić information content (AvgIpc) is 2.57. The van der Waals surface area contributed by atoms with Crippen LogP contribution in [-0.2, 0) is 0 Å². The monoisotopic (exact) mass is 328 g/mol. The van der Waals surface area contributed by atoms with Gasteiger partial charge in [-0.15, -0.1) is 22.2 Å². The summed E-state index contributed by atoms with van der Waals surface area (Å²) in [5.41, 5.74) is 2.31. The summed E-state index contributed by atoms with van der Waals surface area (Å²) >= 11 is 13.5. The minimum atomic E-state index is -2.68. The van der Waals surface area contributed by atoms with Gasteiger partial charge in [0.25, 0.3) is 0 Å². The van der Waals surface area contributed by atoms with Crippen LogP contribution < -0.4 is 10.4 Å². The minimum Gasteiger partial charge on any atom is -0.134 e. The van der Waals surface area contributed by atoms with E-state index >= 15 is 0 Å². The van der Waals surface area contributed by atoms with Gasteiger partial charge in [-0.3, -0.25) is 0 Å². The molecule has 0 fully saturated rings. The van der Waals surface area contributed by atoms with Gasteiger partial charge in [-0.25, -0.2) is 0 Å². The second kappa shape index (κ2) is 6.06. The molecule has 0 unspecified atom stereocenters. The third-order valence-electron chi connectivity index (χ3n) is 3.47. The van der Waals surface area contributed by atoms with Gasteiger partial charge in [-0.05, 0) is 21.5 Å². The maximum absolute atomic E-state index is 6.75. The Labute approximate surface area is 135 Å². The summed E-state index contributed by atoms with van der Waals surface area (Å²) in [6, 6.07) is 28.4. The van der Waals surface area contributed by atoms with Crippen LogP contribution in [0.2, 0.25) is 0 Å². The SMILES string of the molecule is Cl[Si](Cl)(c1ccccc1)c1cccc(-c2ccccc2)c1. The first-order chi connectivity index (χ1) is 10.2. The molecule has 3 aromatic carbocycles. The predicted molar refractivity (Wildman–Crippen MR) is 95.0 cm³/mol. The van der Waals surface area contributed by atoms with E-state index < -0.39 is 6.69 Å². The van der Waals surface area contributed by atoms with Crippen LogP contribution >= 0.6 is 22.2 Å². The molecule has 0 spiro atoms. The first kappa shape index (κ1) is 14.4. The molecule has 0 N–H and O–H groups in total. The highest BCUT2D eigenvalue weighted by Crippen LogP contribution is 2.21. The molecule has 0 amide bonds. The maximum Gasteiger partial charge on any atom is 0.310 e. The quantitative estimate of drug-likeness (QED) is 0.494. The van der Waals surface area contributed by atoms with Crippen molar-refractivity contribution < 1.29 is 0 Å². The molecule has 0 heterocycles. The minimum absolute atomic E-state index is 1.01. The fourth-order valence-electron chi connectivity index (χ4n) is 2.34. The number of halogens is 2. The number of benzene rings is 3. The Morgan fingerprint density at radius 1 is 0.524 bits per heavy atom. The fourth-order valence-corrected chi connectivity index (χ4v) is 5.39. The van der Waals surface area contributed by atoms with Crippen LogP contribution in [0.3, 0.4) is 0 Å². The Bertz CT molecular complexity index is 724. The molecule has 0 aliphatic rings. The van der Waals surface area contributed by atoms with Crippen molar-refractivity contribution >= 4 is 39.2 Å². The van der Waals surface area contributed by atoms with E-state index in [1.807, 2.05) is 60.7 Å². The molecule has 0 saturated carbocycles. The van der Waals surface area contributed by atoms with E-state index in [1.165, 1.54) is 5.56 Å². The molecular formula is C18H14Cl2Si. The standard InChI is InChI=1S/C18H14Cl2Si/c19-21(20,17-11-5-2-6-12-17)18-13-7-10-16(14-18)15-8-3-1-4-9-15/h1-14H. The van der Waals surface area contributed by atoms with Gasteiger partial charge in [0.2, 0.25) is 0 Å².